The molecule has 0 aliphatic heterocycles. The molecule has 0 saturated heterocycles. The van der Waals surface area contributed by atoms with Crippen molar-refractivity contribution in [2.75, 3.05) is 0 Å². The number of hydrogen-bond acceptors (Lipinski definition) is 1. The standard InChI is InChI=1S/C17H22F6O/c1-13(2,3)10-14(4,5)11-6-8-12(9-7-11)15(18,19)16(20,24)17(21,22)23/h6-9,24H,10H2,1-5H3. The van der Waals surface area contributed by atoms with E-state index in [2.05, 4.69) is 0 Å². The minimum Gasteiger partial charge on any atom is -0.350 e. The molecule has 1 atom stereocenters. The molecule has 1 nitrogen and oxygen atoms in total. The maximum atomic E-state index is 13.8. The molecule has 0 saturated carbocycles. The Kier molecular flexibility index (Phi) is 5.14. The summed E-state index contributed by atoms with van der Waals surface area (Å²) in [5.74, 6) is -10.7. The van der Waals surface area contributed by atoms with Gasteiger partial charge in [-0.1, -0.05) is 58.9 Å². The molecule has 1 aromatic rings. The number of alkyl halides is 6. The van der Waals surface area contributed by atoms with Crippen LogP contribution in [0, 0.1) is 5.41 Å². The van der Waals surface area contributed by atoms with E-state index in [4.69, 9.17) is 5.11 Å². The van der Waals surface area contributed by atoms with Crippen LogP contribution in [0.4, 0.5) is 26.3 Å². The van der Waals surface area contributed by atoms with E-state index in [1.807, 2.05) is 34.6 Å². The third kappa shape index (κ3) is 4.05. The lowest BCUT2D eigenvalue weighted by molar-refractivity contribution is -0.390. The number of benzene rings is 1. The monoisotopic (exact) mass is 356 g/mol. The first-order chi connectivity index (χ1) is 10.4. The van der Waals surface area contributed by atoms with Crippen molar-refractivity contribution < 1.29 is 31.4 Å². The first kappa shape index (κ1) is 20.8. The molecule has 1 aromatic carbocycles. The topological polar surface area (TPSA) is 20.2 Å². The number of halogens is 6. The predicted molar refractivity (Wildman–Crippen MR) is 79.5 cm³/mol. The summed E-state index contributed by atoms with van der Waals surface area (Å²) < 4.78 is 78.0. The van der Waals surface area contributed by atoms with Gasteiger partial charge in [0, 0.05) is 5.56 Å². The third-order valence-corrected chi connectivity index (χ3v) is 3.79. The Hall–Kier alpha value is -1.24. The number of aliphatic hydroxyl groups is 1. The smallest absolute Gasteiger partial charge is 0.350 e. The van der Waals surface area contributed by atoms with Gasteiger partial charge in [0.2, 0.25) is 0 Å². The maximum Gasteiger partial charge on any atom is 0.455 e. The zero-order valence-electron chi connectivity index (χ0n) is 14.2. The van der Waals surface area contributed by atoms with E-state index in [-0.39, 0.29) is 5.41 Å². The molecule has 1 unspecified atom stereocenters. The highest BCUT2D eigenvalue weighted by molar-refractivity contribution is 5.32. The van der Waals surface area contributed by atoms with Crippen molar-refractivity contribution in [1.82, 2.24) is 0 Å². The average Bonchev–Trinajstić information content (AvgIpc) is 2.34. The van der Waals surface area contributed by atoms with Crippen molar-refractivity contribution in [3.63, 3.8) is 0 Å². The molecule has 0 heterocycles. The van der Waals surface area contributed by atoms with E-state index >= 15 is 0 Å². The number of rotatable bonds is 4. The summed E-state index contributed by atoms with van der Waals surface area (Å²) in [6.45, 7) is 9.77. The van der Waals surface area contributed by atoms with Gasteiger partial charge in [-0.15, -0.1) is 0 Å². The van der Waals surface area contributed by atoms with Crippen LogP contribution in [0.1, 0.15) is 52.2 Å². The lowest BCUT2D eigenvalue weighted by atomic mass is 9.72. The molecule has 24 heavy (non-hydrogen) atoms. The first-order valence-corrected chi connectivity index (χ1v) is 7.39. The van der Waals surface area contributed by atoms with Gasteiger partial charge >= 0.3 is 18.0 Å². The summed E-state index contributed by atoms with van der Waals surface area (Å²) in [4.78, 5) is 0. The molecular weight excluding hydrogens is 334 g/mol. The Labute approximate surface area is 137 Å². The molecule has 0 spiro atoms. The van der Waals surface area contributed by atoms with E-state index in [9.17, 15) is 26.3 Å². The lowest BCUT2D eigenvalue weighted by Crippen LogP contribution is -2.53. The van der Waals surface area contributed by atoms with Crippen LogP contribution in [0.2, 0.25) is 0 Å². The highest BCUT2D eigenvalue weighted by Crippen LogP contribution is 2.49. The van der Waals surface area contributed by atoms with Gasteiger partial charge in [-0.2, -0.15) is 26.3 Å². The number of hydrogen-bond donors (Lipinski definition) is 1. The fraction of sp³-hybridized carbons (Fsp3) is 0.647. The van der Waals surface area contributed by atoms with Crippen LogP contribution in [-0.2, 0) is 11.3 Å². The maximum absolute atomic E-state index is 13.8. The van der Waals surface area contributed by atoms with E-state index in [0.717, 1.165) is 12.1 Å². The molecule has 0 aromatic heterocycles. The predicted octanol–water partition coefficient (Wildman–Crippen LogP) is 5.71. The molecule has 0 bridgehead atoms. The van der Waals surface area contributed by atoms with E-state index in [1.54, 1.807) is 0 Å². The van der Waals surface area contributed by atoms with E-state index in [0.29, 0.717) is 12.0 Å². The fourth-order valence-electron chi connectivity index (χ4n) is 2.93. The summed E-state index contributed by atoms with van der Waals surface area (Å²) in [6.07, 6.45) is -5.41. The zero-order chi connectivity index (χ0) is 19.2. The average molecular weight is 356 g/mol. The van der Waals surface area contributed by atoms with Gasteiger partial charge in [0.1, 0.15) is 0 Å². The van der Waals surface area contributed by atoms with Crippen LogP contribution >= 0.6 is 0 Å². The first-order valence-electron chi connectivity index (χ1n) is 7.39. The van der Waals surface area contributed by atoms with Crippen molar-refractivity contribution in [1.29, 1.82) is 0 Å². The van der Waals surface area contributed by atoms with Gasteiger partial charge in [-0.25, -0.2) is 0 Å². The van der Waals surface area contributed by atoms with Crippen LogP contribution in [0.5, 0.6) is 0 Å². The Balaban J connectivity index is 3.20. The van der Waals surface area contributed by atoms with Gasteiger partial charge in [-0.05, 0) is 22.8 Å². The van der Waals surface area contributed by atoms with Crippen molar-refractivity contribution in [2.45, 2.75) is 64.4 Å². The van der Waals surface area contributed by atoms with Crippen LogP contribution < -0.4 is 0 Å². The van der Waals surface area contributed by atoms with Crippen LogP contribution in [0.25, 0.3) is 0 Å². The molecule has 0 fully saturated rings. The summed E-state index contributed by atoms with van der Waals surface area (Å²) in [6, 6.07) is 3.91. The quantitative estimate of drug-likeness (QED) is 0.685. The second-order valence-corrected chi connectivity index (χ2v) is 7.89. The van der Waals surface area contributed by atoms with Gasteiger partial charge < -0.3 is 5.11 Å². The van der Waals surface area contributed by atoms with Gasteiger partial charge in [0.25, 0.3) is 0 Å². The second kappa shape index (κ2) is 5.93. The zero-order valence-corrected chi connectivity index (χ0v) is 14.2. The summed E-state index contributed by atoms with van der Waals surface area (Å²) >= 11 is 0. The lowest BCUT2D eigenvalue weighted by Gasteiger charge is -2.34. The largest absolute Gasteiger partial charge is 0.455 e. The molecule has 0 aliphatic rings. The SMILES string of the molecule is CC(C)(C)CC(C)(C)c1ccc(C(F)(F)C(O)(F)C(F)(F)F)cc1. The highest BCUT2D eigenvalue weighted by Gasteiger charge is 2.71. The molecular formula is C17H22F6O. The summed E-state index contributed by atoms with van der Waals surface area (Å²) in [7, 11) is 0. The molecule has 7 heteroatoms. The molecule has 138 valence electrons. The van der Waals surface area contributed by atoms with Crippen LogP contribution in [0.3, 0.4) is 0 Å². The normalized spacial score (nSPS) is 16.8. The van der Waals surface area contributed by atoms with E-state index in [1.165, 1.54) is 12.1 Å². The minimum absolute atomic E-state index is 0.0540. The van der Waals surface area contributed by atoms with Crippen molar-refractivity contribution in [3.8, 4) is 0 Å². The molecule has 0 amide bonds. The van der Waals surface area contributed by atoms with Gasteiger partial charge in [0.05, 0.1) is 0 Å². The Bertz CT molecular complexity index is 564. The second-order valence-electron chi connectivity index (χ2n) is 7.89. The van der Waals surface area contributed by atoms with Gasteiger partial charge in [0.15, 0.2) is 0 Å². The van der Waals surface area contributed by atoms with Crippen LogP contribution in [0.15, 0.2) is 24.3 Å². The van der Waals surface area contributed by atoms with Crippen molar-refractivity contribution in [2.24, 2.45) is 5.41 Å². The summed E-state index contributed by atoms with van der Waals surface area (Å²) in [5.41, 5.74) is -1.07. The van der Waals surface area contributed by atoms with E-state index < -0.39 is 28.9 Å². The van der Waals surface area contributed by atoms with Crippen molar-refractivity contribution in [3.05, 3.63) is 35.4 Å². The Morgan fingerprint density at radius 2 is 1.12 bits per heavy atom. The van der Waals surface area contributed by atoms with Crippen molar-refractivity contribution >= 4 is 0 Å². The Morgan fingerprint density at radius 1 is 0.750 bits per heavy atom. The highest BCUT2D eigenvalue weighted by atomic mass is 19.4. The van der Waals surface area contributed by atoms with Gasteiger partial charge in [-0.3, -0.25) is 0 Å². The molecule has 0 radical (unpaired) electrons. The fourth-order valence-corrected chi connectivity index (χ4v) is 2.93. The summed E-state index contributed by atoms with van der Waals surface area (Å²) in [5, 5.41) is 8.67. The molecule has 1 rings (SSSR count). The Morgan fingerprint density at radius 3 is 1.46 bits per heavy atom. The molecule has 0 aliphatic carbocycles. The third-order valence-electron chi connectivity index (χ3n) is 3.79. The molecule has 1 N–H and O–H groups in total. The minimum atomic E-state index is -6.11. The van der Waals surface area contributed by atoms with Crippen LogP contribution in [-0.4, -0.2) is 17.1 Å².